The minimum Gasteiger partial charge on any atom is -0.497 e. The lowest BCUT2D eigenvalue weighted by atomic mass is 10.2. The second-order valence-electron chi connectivity index (χ2n) is 4.43. The molecule has 0 radical (unpaired) electrons. The van der Waals surface area contributed by atoms with Gasteiger partial charge in [0.1, 0.15) is 16.4 Å². The first-order valence-corrected chi connectivity index (χ1v) is 8.14. The molecule has 6 nitrogen and oxygen atoms in total. The van der Waals surface area contributed by atoms with Crippen molar-refractivity contribution in [3.8, 4) is 11.5 Å². The van der Waals surface area contributed by atoms with E-state index in [4.69, 9.17) is 9.47 Å². The van der Waals surface area contributed by atoms with Gasteiger partial charge in [0.2, 0.25) is 0 Å². The molecule has 0 spiro atoms. The Bertz CT molecular complexity index is 694. The van der Waals surface area contributed by atoms with E-state index in [1.54, 1.807) is 31.2 Å². The first kappa shape index (κ1) is 19.5. The molecule has 1 atom stereocenters. The number of benzene rings is 1. The van der Waals surface area contributed by atoms with E-state index < -0.39 is 17.0 Å². The molecular formula is C17H21NO5S. The summed E-state index contributed by atoms with van der Waals surface area (Å²) in [4.78, 5) is 12.0. The van der Waals surface area contributed by atoms with Gasteiger partial charge < -0.3 is 18.9 Å². The van der Waals surface area contributed by atoms with Crippen molar-refractivity contribution in [1.82, 2.24) is 4.72 Å². The van der Waals surface area contributed by atoms with Crippen LogP contribution >= 0.6 is 0 Å². The zero-order chi connectivity index (χ0) is 18.1. The van der Waals surface area contributed by atoms with Gasteiger partial charge in [-0.1, -0.05) is 18.7 Å². The third-order valence-corrected chi connectivity index (χ3v) is 4.18. The van der Waals surface area contributed by atoms with Crippen LogP contribution in [0.25, 0.3) is 0 Å². The van der Waals surface area contributed by atoms with Crippen molar-refractivity contribution in [3.05, 3.63) is 54.3 Å². The molecule has 0 aromatic heterocycles. The van der Waals surface area contributed by atoms with Gasteiger partial charge in [0.25, 0.3) is 0 Å². The molecule has 1 aromatic carbocycles. The molecule has 0 fully saturated rings. The summed E-state index contributed by atoms with van der Waals surface area (Å²) in [7, 11) is 2.67. The van der Waals surface area contributed by atoms with Gasteiger partial charge in [-0.05, 0) is 25.1 Å². The average molecular weight is 351 g/mol. The molecule has 0 aliphatic rings. The van der Waals surface area contributed by atoms with Crippen molar-refractivity contribution in [1.29, 1.82) is 0 Å². The van der Waals surface area contributed by atoms with Crippen LogP contribution < -0.4 is 14.2 Å². The molecule has 0 bridgehead atoms. The van der Waals surface area contributed by atoms with Gasteiger partial charge in [0.15, 0.2) is 11.0 Å². The molecule has 1 unspecified atom stereocenters. The highest BCUT2D eigenvalue weighted by atomic mass is 32.2. The van der Waals surface area contributed by atoms with Crippen molar-refractivity contribution in [2.24, 2.45) is 0 Å². The van der Waals surface area contributed by atoms with Crippen molar-refractivity contribution < 1.29 is 23.2 Å². The predicted molar refractivity (Wildman–Crippen MR) is 93.1 cm³/mol. The second kappa shape index (κ2) is 9.57. The first-order valence-electron chi connectivity index (χ1n) is 6.99. The average Bonchev–Trinajstić information content (AvgIpc) is 2.63. The van der Waals surface area contributed by atoms with Crippen molar-refractivity contribution in [2.45, 2.75) is 11.8 Å². The van der Waals surface area contributed by atoms with Gasteiger partial charge in [-0.15, -0.1) is 0 Å². The van der Waals surface area contributed by atoms with Crippen molar-refractivity contribution >= 4 is 17.0 Å². The van der Waals surface area contributed by atoms with Crippen LogP contribution in [0.4, 0.5) is 0 Å². The van der Waals surface area contributed by atoms with E-state index in [9.17, 15) is 9.00 Å². The number of hydrogen-bond donors (Lipinski definition) is 1. The van der Waals surface area contributed by atoms with Crippen molar-refractivity contribution in [3.63, 3.8) is 0 Å². The summed E-state index contributed by atoms with van der Waals surface area (Å²) >= 11 is 0. The molecule has 0 amide bonds. The fourth-order valence-electron chi connectivity index (χ4n) is 1.75. The fraction of sp³-hybridized carbons (Fsp3) is 0.235. The predicted octanol–water partition coefficient (Wildman–Crippen LogP) is 2.51. The Morgan fingerprint density at radius 2 is 1.96 bits per heavy atom. The van der Waals surface area contributed by atoms with Crippen LogP contribution in [0.3, 0.4) is 0 Å². The largest absolute Gasteiger partial charge is 0.497 e. The van der Waals surface area contributed by atoms with E-state index in [1.807, 2.05) is 0 Å². The Morgan fingerprint density at radius 3 is 2.46 bits per heavy atom. The van der Waals surface area contributed by atoms with Crippen LogP contribution in [-0.2, 0) is 20.5 Å². The highest BCUT2D eigenvalue weighted by Gasteiger charge is 2.14. The SMILES string of the molecule is C=C/C(=C\C(=C/C)NS(=O)c1cc(OC)ccc1OC)C(=O)OC. The first-order chi connectivity index (χ1) is 11.5. The Kier molecular flexibility index (Phi) is 7.77. The monoisotopic (exact) mass is 351 g/mol. The van der Waals surface area contributed by atoms with Gasteiger partial charge in [0, 0.05) is 11.8 Å². The van der Waals surface area contributed by atoms with E-state index >= 15 is 0 Å². The van der Waals surface area contributed by atoms with Gasteiger partial charge >= 0.3 is 5.97 Å². The Hall–Kier alpha value is -2.54. The third kappa shape index (κ3) is 4.99. The molecule has 7 heteroatoms. The van der Waals surface area contributed by atoms with E-state index in [2.05, 4.69) is 16.0 Å². The zero-order valence-electron chi connectivity index (χ0n) is 14.1. The number of esters is 1. The van der Waals surface area contributed by atoms with Crippen LogP contribution in [0.5, 0.6) is 11.5 Å². The van der Waals surface area contributed by atoms with Crippen LogP contribution in [0, 0.1) is 0 Å². The fourth-order valence-corrected chi connectivity index (χ4v) is 2.81. The van der Waals surface area contributed by atoms with Crippen LogP contribution in [0.15, 0.2) is 59.2 Å². The molecule has 0 saturated heterocycles. The molecule has 0 heterocycles. The minimum absolute atomic E-state index is 0.243. The normalized spacial score (nSPS) is 13.0. The number of carbonyl (C=O) groups is 1. The van der Waals surface area contributed by atoms with E-state index in [1.165, 1.54) is 33.5 Å². The zero-order valence-corrected chi connectivity index (χ0v) is 14.9. The van der Waals surface area contributed by atoms with Gasteiger partial charge in [-0.3, -0.25) is 0 Å². The summed E-state index contributed by atoms with van der Waals surface area (Å²) < 4.78 is 30.5. The molecule has 0 aliphatic heterocycles. The molecule has 0 saturated carbocycles. The lowest BCUT2D eigenvalue weighted by Crippen LogP contribution is -2.17. The quantitative estimate of drug-likeness (QED) is 0.442. The topological polar surface area (TPSA) is 73.9 Å². The highest BCUT2D eigenvalue weighted by Crippen LogP contribution is 2.26. The Labute approximate surface area is 144 Å². The lowest BCUT2D eigenvalue weighted by molar-refractivity contribution is -0.135. The molecule has 1 aromatic rings. The Balaban J connectivity index is 3.10. The maximum Gasteiger partial charge on any atom is 0.337 e. The molecule has 1 N–H and O–H groups in total. The maximum atomic E-state index is 12.6. The lowest BCUT2D eigenvalue weighted by Gasteiger charge is -2.12. The molecule has 1 rings (SSSR count). The van der Waals surface area contributed by atoms with Crippen LogP contribution in [0.1, 0.15) is 6.92 Å². The summed E-state index contributed by atoms with van der Waals surface area (Å²) in [5, 5.41) is 0. The van der Waals surface area contributed by atoms with E-state index in [0.29, 0.717) is 22.1 Å². The number of carbonyl (C=O) groups excluding carboxylic acids is 1. The smallest absolute Gasteiger partial charge is 0.337 e. The minimum atomic E-state index is -1.62. The van der Waals surface area contributed by atoms with Gasteiger partial charge in [0.05, 0.1) is 26.9 Å². The molecule has 130 valence electrons. The summed E-state index contributed by atoms with van der Waals surface area (Å²) in [5.41, 5.74) is 0.714. The number of hydrogen-bond acceptors (Lipinski definition) is 5. The number of allylic oxidation sites excluding steroid dienone is 2. The van der Waals surface area contributed by atoms with Gasteiger partial charge in [-0.25, -0.2) is 9.00 Å². The van der Waals surface area contributed by atoms with Crippen LogP contribution in [-0.4, -0.2) is 31.5 Å². The second-order valence-corrected chi connectivity index (χ2v) is 5.61. The molecular weight excluding hydrogens is 330 g/mol. The van der Waals surface area contributed by atoms with E-state index in [0.717, 1.165) is 0 Å². The maximum absolute atomic E-state index is 12.6. The summed E-state index contributed by atoms with van der Waals surface area (Å²) in [6, 6.07) is 5.00. The summed E-state index contributed by atoms with van der Waals surface area (Å²) in [5.74, 6) is 0.480. The molecule has 24 heavy (non-hydrogen) atoms. The standard InChI is InChI=1S/C17H21NO5S/c1-6-12(17(19)23-5)10-13(7-2)18-24(20)16-11-14(21-3)8-9-15(16)22-4/h6-11,18H,1H2,2-5H3/b12-10+,13-7+. The summed E-state index contributed by atoms with van der Waals surface area (Å²) in [6.45, 7) is 5.32. The number of rotatable bonds is 8. The Morgan fingerprint density at radius 1 is 1.25 bits per heavy atom. The summed E-state index contributed by atoms with van der Waals surface area (Å²) in [6.07, 6.45) is 4.55. The van der Waals surface area contributed by atoms with Crippen molar-refractivity contribution in [2.75, 3.05) is 21.3 Å². The highest BCUT2D eigenvalue weighted by molar-refractivity contribution is 7.83. The van der Waals surface area contributed by atoms with Gasteiger partial charge in [-0.2, -0.15) is 0 Å². The third-order valence-electron chi connectivity index (χ3n) is 3.04. The number of methoxy groups -OCH3 is 3. The van der Waals surface area contributed by atoms with Crippen LogP contribution in [0.2, 0.25) is 0 Å². The molecule has 0 aliphatic carbocycles. The van der Waals surface area contributed by atoms with E-state index in [-0.39, 0.29) is 5.57 Å². The number of ether oxygens (including phenoxy) is 3. The number of nitrogens with one attached hydrogen (secondary N) is 1.